The van der Waals surface area contributed by atoms with E-state index in [1.165, 1.54) is 11.3 Å². The molecule has 0 bridgehead atoms. The first-order valence-electron chi connectivity index (χ1n) is 9.68. The molecular formula is C22H28ClN3O. The summed E-state index contributed by atoms with van der Waals surface area (Å²) >= 11 is 5.98. The number of carbonyl (C=O) groups is 1. The molecule has 1 fully saturated rings. The number of rotatable bonds is 6. The third-order valence-corrected chi connectivity index (χ3v) is 5.40. The molecule has 144 valence electrons. The van der Waals surface area contributed by atoms with Gasteiger partial charge in [-0.3, -0.25) is 9.69 Å². The van der Waals surface area contributed by atoms with Gasteiger partial charge in [-0.05, 0) is 55.3 Å². The minimum Gasteiger partial charge on any atom is -0.369 e. The SMILES string of the molecule is CC[C@H](C)NC(=O)c1cccc(CN2CCN(c3ccc(Cl)cc3)CC2)c1. The quantitative estimate of drug-likeness (QED) is 0.809. The van der Waals surface area contributed by atoms with Gasteiger partial charge in [-0.1, -0.05) is 30.7 Å². The van der Waals surface area contributed by atoms with Crippen molar-refractivity contribution in [3.8, 4) is 0 Å². The Labute approximate surface area is 167 Å². The summed E-state index contributed by atoms with van der Waals surface area (Å²) in [5.74, 6) is 0.0127. The molecule has 1 saturated heterocycles. The molecule has 0 spiro atoms. The minimum atomic E-state index is 0.0127. The predicted octanol–water partition coefficient (Wildman–Crippen LogP) is 4.19. The zero-order valence-corrected chi connectivity index (χ0v) is 16.9. The Morgan fingerprint density at radius 2 is 1.81 bits per heavy atom. The Bertz CT molecular complexity index is 754. The molecule has 0 unspecified atom stereocenters. The van der Waals surface area contributed by atoms with Gasteiger partial charge in [0.2, 0.25) is 0 Å². The fraction of sp³-hybridized carbons (Fsp3) is 0.409. The number of amides is 1. The van der Waals surface area contributed by atoms with Crippen molar-refractivity contribution in [3.05, 3.63) is 64.7 Å². The number of benzene rings is 2. The molecule has 2 aromatic rings. The summed E-state index contributed by atoms with van der Waals surface area (Å²) < 4.78 is 0. The van der Waals surface area contributed by atoms with Crippen molar-refractivity contribution in [2.24, 2.45) is 0 Å². The van der Waals surface area contributed by atoms with Crippen molar-refractivity contribution in [1.29, 1.82) is 0 Å². The lowest BCUT2D eigenvalue weighted by molar-refractivity contribution is 0.0939. The number of nitrogens with one attached hydrogen (secondary N) is 1. The maximum absolute atomic E-state index is 12.3. The van der Waals surface area contributed by atoms with Crippen LogP contribution in [0, 0.1) is 0 Å². The lowest BCUT2D eigenvalue weighted by Gasteiger charge is -2.36. The zero-order valence-electron chi connectivity index (χ0n) is 16.1. The highest BCUT2D eigenvalue weighted by Gasteiger charge is 2.18. The van der Waals surface area contributed by atoms with Gasteiger partial charge in [0.25, 0.3) is 5.91 Å². The van der Waals surface area contributed by atoms with Crippen LogP contribution in [0.4, 0.5) is 5.69 Å². The Kier molecular flexibility index (Phi) is 6.75. The molecule has 4 nitrogen and oxygen atoms in total. The van der Waals surface area contributed by atoms with Crippen molar-refractivity contribution in [2.75, 3.05) is 31.1 Å². The van der Waals surface area contributed by atoms with E-state index >= 15 is 0 Å². The average molecular weight is 386 g/mol. The Balaban J connectivity index is 1.55. The fourth-order valence-corrected chi connectivity index (χ4v) is 3.42. The van der Waals surface area contributed by atoms with Crippen LogP contribution >= 0.6 is 11.6 Å². The Morgan fingerprint density at radius 1 is 1.11 bits per heavy atom. The van der Waals surface area contributed by atoms with Gasteiger partial charge in [0.05, 0.1) is 0 Å². The molecule has 1 atom stereocenters. The van der Waals surface area contributed by atoms with E-state index in [1.807, 2.05) is 37.3 Å². The summed E-state index contributed by atoms with van der Waals surface area (Å²) in [5.41, 5.74) is 3.15. The van der Waals surface area contributed by atoms with Gasteiger partial charge in [0, 0.05) is 55.0 Å². The van der Waals surface area contributed by atoms with Crippen LogP contribution in [0.3, 0.4) is 0 Å². The molecule has 0 aliphatic carbocycles. The van der Waals surface area contributed by atoms with Gasteiger partial charge in [-0.2, -0.15) is 0 Å². The van der Waals surface area contributed by atoms with E-state index in [1.54, 1.807) is 0 Å². The van der Waals surface area contributed by atoms with Crippen LogP contribution in [0.1, 0.15) is 36.2 Å². The summed E-state index contributed by atoms with van der Waals surface area (Å²) in [7, 11) is 0. The third kappa shape index (κ3) is 5.47. The standard InChI is InChI=1S/C22H28ClN3O/c1-3-17(2)24-22(27)19-6-4-5-18(15-19)16-25-11-13-26(14-12-25)21-9-7-20(23)8-10-21/h4-10,15,17H,3,11-14,16H2,1-2H3,(H,24,27)/t17-/m0/s1. The van der Waals surface area contributed by atoms with Crippen LogP contribution in [0.5, 0.6) is 0 Å². The topological polar surface area (TPSA) is 35.6 Å². The maximum atomic E-state index is 12.3. The van der Waals surface area contributed by atoms with Gasteiger partial charge >= 0.3 is 0 Å². The number of nitrogens with zero attached hydrogens (tertiary/aromatic N) is 2. The number of hydrogen-bond acceptors (Lipinski definition) is 3. The molecule has 3 rings (SSSR count). The van der Waals surface area contributed by atoms with E-state index in [-0.39, 0.29) is 11.9 Å². The molecule has 1 heterocycles. The van der Waals surface area contributed by atoms with E-state index in [0.29, 0.717) is 0 Å². The molecule has 0 saturated carbocycles. The number of carbonyl (C=O) groups excluding carboxylic acids is 1. The zero-order chi connectivity index (χ0) is 19.2. The molecule has 1 amide bonds. The van der Waals surface area contributed by atoms with E-state index < -0.39 is 0 Å². The number of piperazine rings is 1. The molecule has 0 radical (unpaired) electrons. The average Bonchev–Trinajstić information content (AvgIpc) is 2.69. The van der Waals surface area contributed by atoms with Gasteiger partial charge in [-0.15, -0.1) is 0 Å². The van der Waals surface area contributed by atoms with Crippen LogP contribution in [0.15, 0.2) is 48.5 Å². The largest absolute Gasteiger partial charge is 0.369 e. The van der Waals surface area contributed by atoms with Gasteiger partial charge in [0.1, 0.15) is 0 Å². The molecule has 0 aromatic heterocycles. The summed E-state index contributed by atoms with van der Waals surface area (Å²) in [6.45, 7) is 8.98. The second-order valence-corrected chi connectivity index (χ2v) is 7.66. The fourth-order valence-electron chi connectivity index (χ4n) is 3.29. The van der Waals surface area contributed by atoms with Crippen molar-refractivity contribution >= 4 is 23.2 Å². The number of halogens is 1. The molecule has 1 aliphatic heterocycles. The predicted molar refractivity (Wildman–Crippen MR) is 113 cm³/mol. The summed E-state index contributed by atoms with van der Waals surface area (Å²) in [6.07, 6.45) is 0.934. The minimum absolute atomic E-state index is 0.0127. The summed E-state index contributed by atoms with van der Waals surface area (Å²) in [5, 5.41) is 3.81. The lowest BCUT2D eigenvalue weighted by atomic mass is 10.1. The second-order valence-electron chi connectivity index (χ2n) is 7.22. The highest BCUT2D eigenvalue weighted by Crippen LogP contribution is 2.20. The molecular weight excluding hydrogens is 358 g/mol. The van der Waals surface area contributed by atoms with Crippen LogP contribution in [0.2, 0.25) is 5.02 Å². The van der Waals surface area contributed by atoms with Crippen molar-refractivity contribution in [2.45, 2.75) is 32.9 Å². The molecule has 27 heavy (non-hydrogen) atoms. The van der Waals surface area contributed by atoms with Crippen LogP contribution < -0.4 is 10.2 Å². The van der Waals surface area contributed by atoms with E-state index in [2.05, 4.69) is 40.2 Å². The first-order chi connectivity index (χ1) is 13.0. The van der Waals surface area contributed by atoms with E-state index in [0.717, 1.165) is 49.7 Å². The first-order valence-corrected chi connectivity index (χ1v) is 10.1. The highest BCUT2D eigenvalue weighted by molar-refractivity contribution is 6.30. The van der Waals surface area contributed by atoms with Crippen LogP contribution in [-0.4, -0.2) is 43.0 Å². The first kappa shape index (κ1) is 19.7. The molecule has 1 aliphatic rings. The smallest absolute Gasteiger partial charge is 0.251 e. The number of hydrogen-bond donors (Lipinski definition) is 1. The highest BCUT2D eigenvalue weighted by atomic mass is 35.5. The summed E-state index contributed by atoms with van der Waals surface area (Å²) in [6, 6.07) is 16.2. The van der Waals surface area contributed by atoms with Gasteiger partial charge < -0.3 is 10.2 Å². The molecule has 5 heteroatoms. The van der Waals surface area contributed by atoms with Crippen molar-refractivity contribution < 1.29 is 4.79 Å². The summed E-state index contributed by atoms with van der Waals surface area (Å²) in [4.78, 5) is 17.2. The third-order valence-electron chi connectivity index (χ3n) is 5.15. The van der Waals surface area contributed by atoms with E-state index in [9.17, 15) is 4.79 Å². The van der Waals surface area contributed by atoms with E-state index in [4.69, 9.17) is 11.6 Å². The monoisotopic (exact) mass is 385 g/mol. The normalized spacial score (nSPS) is 16.2. The number of anilines is 1. The lowest BCUT2D eigenvalue weighted by Crippen LogP contribution is -2.46. The maximum Gasteiger partial charge on any atom is 0.251 e. The van der Waals surface area contributed by atoms with Gasteiger partial charge in [0.15, 0.2) is 0 Å². The van der Waals surface area contributed by atoms with Crippen LogP contribution in [0.25, 0.3) is 0 Å². The second kappa shape index (κ2) is 9.25. The van der Waals surface area contributed by atoms with Gasteiger partial charge in [-0.25, -0.2) is 0 Å². The Hall–Kier alpha value is -2.04. The molecule has 1 N–H and O–H groups in total. The van der Waals surface area contributed by atoms with Crippen LogP contribution in [-0.2, 0) is 6.54 Å². The Morgan fingerprint density at radius 3 is 2.48 bits per heavy atom. The van der Waals surface area contributed by atoms with Crippen molar-refractivity contribution in [1.82, 2.24) is 10.2 Å². The molecule has 2 aromatic carbocycles. The van der Waals surface area contributed by atoms with Crippen molar-refractivity contribution in [3.63, 3.8) is 0 Å².